The maximum absolute atomic E-state index is 13.5. The predicted molar refractivity (Wildman–Crippen MR) is 140 cm³/mol. The van der Waals surface area contributed by atoms with Crippen molar-refractivity contribution in [1.82, 2.24) is 10.2 Å². The minimum Gasteiger partial charge on any atom is -0.484 e. The molecule has 0 saturated heterocycles. The number of hydrogen-bond donors (Lipinski definition) is 1. The fourth-order valence-corrected chi connectivity index (χ4v) is 4.03. The molecule has 3 rings (SSSR count). The van der Waals surface area contributed by atoms with Crippen LogP contribution < -0.4 is 10.1 Å². The van der Waals surface area contributed by atoms with Gasteiger partial charge >= 0.3 is 0 Å². The van der Waals surface area contributed by atoms with Gasteiger partial charge in [0.15, 0.2) is 6.61 Å². The molecule has 1 N–H and O–H groups in total. The number of aryl methyl sites for hydroxylation is 1. The third-order valence-corrected chi connectivity index (χ3v) is 5.97. The molecule has 5 heteroatoms. The van der Waals surface area contributed by atoms with Crippen molar-refractivity contribution < 1.29 is 14.3 Å². The molecular formula is C30H36N2O3. The van der Waals surface area contributed by atoms with Crippen molar-refractivity contribution >= 4 is 11.8 Å². The van der Waals surface area contributed by atoms with E-state index < -0.39 is 6.04 Å². The third-order valence-electron chi connectivity index (χ3n) is 5.97. The second-order valence-electron chi connectivity index (χ2n) is 9.12. The molecule has 0 aliphatic heterocycles. The first kappa shape index (κ1) is 26.0. The Bertz CT molecular complexity index is 1090. The molecule has 35 heavy (non-hydrogen) atoms. The smallest absolute Gasteiger partial charge is 0.261 e. The van der Waals surface area contributed by atoms with E-state index in [4.69, 9.17) is 4.74 Å². The predicted octanol–water partition coefficient (Wildman–Crippen LogP) is 5.27. The molecule has 0 spiro atoms. The van der Waals surface area contributed by atoms with E-state index in [0.717, 1.165) is 16.7 Å². The highest BCUT2D eigenvalue weighted by molar-refractivity contribution is 5.88. The standard InChI is InChI=1S/C30H36N2O3/c1-5-31-30(34)28(19-24-11-7-6-8-12-24)32(20-25-13-9-10-23(4)18-25)29(33)21-35-27-16-14-26(15-17-27)22(2)3/h6-18,22,28H,5,19-21H2,1-4H3,(H,31,34)/t28-/m1/s1. The monoisotopic (exact) mass is 472 g/mol. The van der Waals surface area contributed by atoms with Gasteiger partial charge in [-0.05, 0) is 48.6 Å². The number of likely N-dealkylation sites (N-methyl/N-ethyl adjacent to an activating group) is 1. The molecule has 0 aliphatic carbocycles. The normalized spacial score (nSPS) is 11.7. The lowest BCUT2D eigenvalue weighted by Crippen LogP contribution is -2.51. The van der Waals surface area contributed by atoms with E-state index in [2.05, 4.69) is 19.2 Å². The van der Waals surface area contributed by atoms with E-state index in [9.17, 15) is 9.59 Å². The lowest BCUT2D eigenvalue weighted by Gasteiger charge is -2.31. The van der Waals surface area contributed by atoms with Crippen molar-refractivity contribution in [3.05, 3.63) is 101 Å². The second kappa shape index (κ2) is 12.7. The summed E-state index contributed by atoms with van der Waals surface area (Å²) < 4.78 is 5.86. The van der Waals surface area contributed by atoms with Crippen molar-refractivity contribution in [2.75, 3.05) is 13.2 Å². The molecule has 3 aromatic carbocycles. The number of benzene rings is 3. The van der Waals surface area contributed by atoms with Crippen molar-refractivity contribution in [3.8, 4) is 5.75 Å². The summed E-state index contributed by atoms with van der Waals surface area (Å²) in [4.78, 5) is 28.4. The van der Waals surface area contributed by atoms with E-state index in [0.29, 0.717) is 31.2 Å². The topological polar surface area (TPSA) is 58.6 Å². The van der Waals surface area contributed by atoms with Crippen LogP contribution in [0.1, 0.15) is 48.9 Å². The number of ether oxygens (including phenoxy) is 1. The first-order valence-corrected chi connectivity index (χ1v) is 12.3. The van der Waals surface area contributed by atoms with Crippen molar-refractivity contribution in [3.63, 3.8) is 0 Å². The Morgan fingerprint density at radius 1 is 0.914 bits per heavy atom. The molecular weight excluding hydrogens is 436 g/mol. The van der Waals surface area contributed by atoms with Gasteiger partial charge in [-0.1, -0.05) is 86.1 Å². The van der Waals surface area contributed by atoms with E-state index in [1.165, 1.54) is 5.56 Å². The van der Waals surface area contributed by atoms with Gasteiger partial charge in [-0.3, -0.25) is 9.59 Å². The minimum atomic E-state index is -0.655. The maximum Gasteiger partial charge on any atom is 0.261 e. The molecule has 0 heterocycles. The molecule has 5 nitrogen and oxygen atoms in total. The number of nitrogens with zero attached hydrogens (tertiary/aromatic N) is 1. The Balaban J connectivity index is 1.86. The summed E-state index contributed by atoms with van der Waals surface area (Å²) in [6, 6.07) is 25.0. The molecule has 1 atom stereocenters. The van der Waals surface area contributed by atoms with Gasteiger partial charge in [0.2, 0.25) is 5.91 Å². The fourth-order valence-electron chi connectivity index (χ4n) is 4.03. The molecule has 2 amide bonds. The lowest BCUT2D eigenvalue weighted by molar-refractivity contribution is -0.142. The zero-order chi connectivity index (χ0) is 25.2. The molecule has 0 radical (unpaired) electrons. The average molecular weight is 473 g/mol. The lowest BCUT2D eigenvalue weighted by atomic mass is 10.0. The summed E-state index contributed by atoms with van der Waals surface area (Å²) in [6.45, 7) is 8.85. The summed E-state index contributed by atoms with van der Waals surface area (Å²) in [7, 11) is 0. The zero-order valence-electron chi connectivity index (χ0n) is 21.2. The van der Waals surface area contributed by atoms with E-state index in [1.54, 1.807) is 4.90 Å². The minimum absolute atomic E-state index is 0.141. The number of amides is 2. The highest BCUT2D eigenvalue weighted by Crippen LogP contribution is 2.20. The first-order chi connectivity index (χ1) is 16.9. The van der Waals surface area contributed by atoms with Gasteiger partial charge in [-0.15, -0.1) is 0 Å². The molecule has 0 aromatic heterocycles. The largest absolute Gasteiger partial charge is 0.484 e. The van der Waals surface area contributed by atoms with Crippen LogP contribution >= 0.6 is 0 Å². The fraction of sp³-hybridized carbons (Fsp3) is 0.333. The third kappa shape index (κ3) is 7.71. The summed E-state index contributed by atoms with van der Waals surface area (Å²) >= 11 is 0. The van der Waals surface area contributed by atoms with Crippen LogP contribution in [0.2, 0.25) is 0 Å². The highest BCUT2D eigenvalue weighted by Gasteiger charge is 2.30. The van der Waals surface area contributed by atoms with Crippen molar-refractivity contribution in [2.45, 2.75) is 52.6 Å². The van der Waals surface area contributed by atoms with Crippen LogP contribution in [0.25, 0.3) is 0 Å². The first-order valence-electron chi connectivity index (χ1n) is 12.3. The molecule has 184 valence electrons. The number of rotatable bonds is 11. The summed E-state index contributed by atoms with van der Waals surface area (Å²) in [5, 5.41) is 2.92. The Kier molecular flexibility index (Phi) is 9.47. The van der Waals surface area contributed by atoms with Crippen LogP contribution in [0.5, 0.6) is 5.75 Å². The average Bonchev–Trinajstić information content (AvgIpc) is 2.85. The molecule has 0 saturated carbocycles. The number of hydrogen-bond acceptors (Lipinski definition) is 3. The summed E-state index contributed by atoms with van der Waals surface area (Å²) in [6.07, 6.45) is 0.424. The number of carbonyl (C=O) groups is 2. The van der Waals surface area contributed by atoms with Gasteiger partial charge in [-0.2, -0.15) is 0 Å². The number of carbonyl (C=O) groups excluding carboxylic acids is 2. The number of nitrogens with one attached hydrogen (secondary N) is 1. The SMILES string of the molecule is CCNC(=O)[C@@H](Cc1ccccc1)N(Cc1cccc(C)c1)C(=O)COc1ccc(C(C)C)cc1. The second-order valence-corrected chi connectivity index (χ2v) is 9.12. The molecule has 0 aliphatic rings. The molecule has 3 aromatic rings. The van der Waals surface area contributed by atoms with Crippen LogP contribution in [-0.2, 0) is 22.6 Å². The zero-order valence-corrected chi connectivity index (χ0v) is 21.2. The quantitative estimate of drug-likeness (QED) is 0.413. The van der Waals surface area contributed by atoms with Gasteiger partial charge in [-0.25, -0.2) is 0 Å². The maximum atomic E-state index is 13.5. The van der Waals surface area contributed by atoms with Gasteiger partial charge in [0.25, 0.3) is 5.91 Å². The Labute approximate surface area is 209 Å². The van der Waals surface area contributed by atoms with Gasteiger partial charge in [0.1, 0.15) is 11.8 Å². The van der Waals surface area contributed by atoms with Gasteiger partial charge in [0, 0.05) is 19.5 Å². The van der Waals surface area contributed by atoms with Crippen LogP contribution in [0.4, 0.5) is 0 Å². The van der Waals surface area contributed by atoms with Crippen LogP contribution in [0.3, 0.4) is 0 Å². The van der Waals surface area contributed by atoms with E-state index in [1.807, 2.05) is 92.7 Å². The summed E-state index contributed by atoms with van der Waals surface area (Å²) in [5.41, 5.74) is 4.29. The Hall–Kier alpha value is -3.60. The summed E-state index contributed by atoms with van der Waals surface area (Å²) in [5.74, 6) is 0.660. The van der Waals surface area contributed by atoms with Gasteiger partial charge < -0.3 is 15.0 Å². The van der Waals surface area contributed by atoms with E-state index >= 15 is 0 Å². The Morgan fingerprint density at radius 2 is 1.60 bits per heavy atom. The van der Waals surface area contributed by atoms with Gasteiger partial charge in [0.05, 0.1) is 0 Å². The van der Waals surface area contributed by atoms with Crippen LogP contribution in [0, 0.1) is 6.92 Å². The molecule has 0 fully saturated rings. The Morgan fingerprint density at radius 3 is 2.23 bits per heavy atom. The van der Waals surface area contributed by atoms with Crippen molar-refractivity contribution in [1.29, 1.82) is 0 Å². The highest BCUT2D eigenvalue weighted by atomic mass is 16.5. The van der Waals surface area contributed by atoms with E-state index in [-0.39, 0.29) is 18.4 Å². The van der Waals surface area contributed by atoms with Crippen LogP contribution in [0.15, 0.2) is 78.9 Å². The molecule has 0 bridgehead atoms. The van der Waals surface area contributed by atoms with Crippen molar-refractivity contribution in [2.24, 2.45) is 0 Å². The van der Waals surface area contributed by atoms with Crippen LogP contribution in [-0.4, -0.2) is 35.9 Å². The molecule has 0 unspecified atom stereocenters.